The standard InChI is InChI=1S/C15H24N4O/c1-18-9-11-19(12-10-18)8-2-7-17-15(20)13-3-5-14(16)6-4-13/h3-6H,2,7-12,16H2,1H3,(H,17,20). The van der Waals surface area contributed by atoms with Crippen LogP contribution in [0, 0.1) is 0 Å². The van der Waals surface area contributed by atoms with Gasteiger partial charge in [-0.2, -0.15) is 0 Å². The molecule has 1 fully saturated rings. The van der Waals surface area contributed by atoms with Crippen molar-refractivity contribution < 1.29 is 4.79 Å². The van der Waals surface area contributed by atoms with E-state index >= 15 is 0 Å². The first-order chi connectivity index (χ1) is 9.65. The predicted octanol–water partition coefficient (Wildman–Crippen LogP) is 0.636. The van der Waals surface area contributed by atoms with Crippen LogP contribution in [0.1, 0.15) is 16.8 Å². The molecular formula is C15H24N4O. The molecule has 0 bridgehead atoms. The molecule has 0 unspecified atom stereocenters. The number of nitrogens with two attached hydrogens (primary N) is 1. The summed E-state index contributed by atoms with van der Waals surface area (Å²) in [5.74, 6) is -0.0247. The zero-order valence-corrected chi connectivity index (χ0v) is 12.1. The van der Waals surface area contributed by atoms with Gasteiger partial charge >= 0.3 is 0 Å². The lowest BCUT2D eigenvalue weighted by Gasteiger charge is -2.32. The average Bonchev–Trinajstić information content (AvgIpc) is 2.46. The molecule has 5 heteroatoms. The van der Waals surface area contributed by atoms with Gasteiger partial charge in [0.2, 0.25) is 0 Å². The Hall–Kier alpha value is -1.59. The maximum atomic E-state index is 11.9. The van der Waals surface area contributed by atoms with Crippen molar-refractivity contribution in [2.45, 2.75) is 6.42 Å². The van der Waals surface area contributed by atoms with Crippen LogP contribution in [0.3, 0.4) is 0 Å². The van der Waals surface area contributed by atoms with E-state index in [9.17, 15) is 4.79 Å². The summed E-state index contributed by atoms with van der Waals surface area (Å²) in [6, 6.07) is 7.01. The molecule has 0 aliphatic carbocycles. The van der Waals surface area contributed by atoms with E-state index in [0.717, 1.165) is 45.7 Å². The largest absolute Gasteiger partial charge is 0.399 e. The molecule has 0 saturated carbocycles. The second-order valence-electron chi connectivity index (χ2n) is 5.38. The van der Waals surface area contributed by atoms with Crippen LogP contribution >= 0.6 is 0 Å². The lowest BCUT2D eigenvalue weighted by Crippen LogP contribution is -2.45. The Morgan fingerprint density at radius 3 is 2.50 bits per heavy atom. The number of piperazine rings is 1. The first-order valence-corrected chi connectivity index (χ1v) is 7.20. The minimum atomic E-state index is -0.0247. The predicted molar refractivity (Wildman–Crippen MR) is 81.7 cm³/mol. The first-order valence-electron chi connectivity index (χ1n) is 7.20. The van der Waals surface area contributed by atoms with Crippen LogP contribution in [0.4, 0.5) is 5.69 Å². The van der Waals surface area contributed by atoms with Gasteiger partial charge in [0.05, 0.1) is 0 Å². The lowest BCUT2D eigenvalue weighted by molar-refractivity contribution is 0.0949. The van der Waals surface area contributed by atoms with Gasteiger partial charge in [0.1, 0.15) is 0 Å². The van der Waals surface area contributed by atoms with E-state index in [2.05, 4.69) is 22.2 Å². The van der Waals surface area contributed by atoms with E-state index in [1.54, 1.807) is 24.3 Å². The molecule has 1 aromatic rings. The quantitative estimate of drug-likeness (QED) is 0.612. The molecule has 0 aromatic heterocycles. The fourth-order valence-corrected chi connectivity index (χ4v) is 2.31. The lowest BCUT2D eigenvalue weighted by atomic mass is 10.2. The number of nitrogen functional groups attached to an aromatic ring is 1. The normalized spacial score (nSPS) is 17.1. The highest BCUT2D eigenvalue weighted by Gasteiger charge is 2.13. The first kappa shape index (κ1) is 14.8. The third-order valence-electron chi connectivity index (χ3n) is 3.71. The van der Waals surface area contributed by atoms with Crippen molar-refractivity contribution in [1.82, 2.24) is 15.1 Å². The summed E-state index contributed by atoms with van der Waals surface area (Å²) >= 11 is 0. The van der Waals surface area contributed by atoms with Gasteiger partial charge in [0, 0.05) is 44.0 Å². The van der Waals surface area contributed by atoms with Gasteiger partial charge in [-0.05, 0) is 44.3 Å². The fourth-order valence-electron chi connectivity index (χ4n) is 2.31. The van der Waals surface area contributed by atoms with Crippen molar-refractivity contribution in [2.75, 3.05) is 52.0 Å². The highest BCUT2D eigenvalue weighted by atomic mass is 16.1. The summed E-state index contributed by atoms with van der Waals surface area (Å²) in [6.45, 7) is 6.30. The number of amides is 1. The molecule has 0 atom stereocenters. The highest BCUT2D eigenvalue weighted by Crippen LogP contribution is 2.05. The summed E-state index contributed by atoms with van der Waals surface area (Å²) in [7, 11) is 2.16. The molecule has 3 N–H and O–H groups in total. The topological polar surface area (TPSA) is 61.6 Å². The summed E-state index contributed by atoms with van der Waals surface area (Å²) < 4.78 is 0. The monoisotopic (exact) mass is 276 g/mol. The zero-order valence-electron chi connectivity index (χ0n) is 12.1. The minimum Gasteiger partial charge on any atom is -0.399 e. The zero-order chi connectivity index (χ0) is 14.4. The molecule has 0 spiro atoms. The number of benzene rings is 1. The van der Waals surface area contributed by atoms with Crippen LogP contribution in [0.2, 0.25) is 0 Å². The molecule has 0 radical (unpaired) electrons. The molecule has 2 rings (SSSR count). The maximum Gasteiger partial charge on any atom is 0.251 e. The number of hydrogen-bond donors (Lipinski definition) is 2. The number of nitrogens with zero attached hydrogens (tertiary/aromatic N) is 2. The van der Waals surface area contributed by atoms with Crippen molar-refractivity contribution in [3.63, 3.8) is 0 Å². The average molecular weight is 276 g/mol. The van der Waals surface area contributed by atoms with Crippen molar-refractivity contribution in [3.05, 3.63) is 29.8 Å². The van der Waals surface area contributed by atoms with Gasteiger partial charge < -0.3 is 20.9 Å². The van der Waals surface area contributed by atoms with Gasteiger partial charge in [-0.3, -0.25) is 4.79 Å². The minimum absolute atomic E-state index is 0.0247. The number of anilines is 1. The van der Waals surface area contributed by atoms with Crippen molar-refractivity contribution >= 4 is 11.6 Å². The number of likely N-dealkylation sites (N-methyl/N-ethyl adjacent to an activating group) is 1. The van der Waals surface area contributed by atoms with Crippen molar-refractivity contribution in [3.8, 4) is 0 Å². The number of carbonyl (C=O) groups excluding carboxylic acids is 1. The molecule has 110 valence electrons. The fraction of sp³-hybridized carbons (Fsp3) is 0.533. The maximum absolute atomic E-state index is 11.9. The van der Waals surface area contributed by atoms with Crippen molar-refractivity contribution in [1.29, 1.82) is 0 Å². The van der Waals surface area contributed by atoms with Crippen LogP contribution < -0.4 is 11.1 Å². The van der Waals surface area contributed by atoms with E-state index in [1.807, 2.05) is 0 Å². The molecule has 1 aliphatic rings. The Labute approximate surface area is 120 Å². The summed E-state index contributed by atoms with van der Waals surface area (Å²) in [6.07, 6.45) is 0.991. The molecule has 5 nitrogen and oxygen atoms in total. The Balaban J connectivity index is 1.63. The Bertz CT molecular complexity index is 424. The highest BCUT2D eigenvalue weighted by molar-refractivity contribution is 5.94. The molecule has 1 aliphatic heterocycles. The van der Waals surface area contributed by atoms with E-state index in [-0.39, 0.29) is 5.91 Å². The van der Waals surface area contributed by atoms with Crippen molar-refractivity contribution in [2.24, 2.45) is 0 Å². The van der Waals surface area contributed by atoms with E-state index < -0.39 is 0 Å². The van der Waals surface area contributed by atoms with Gasteiger partial charge in [-0.15, -0.1) is 0 Å². The van der Waals surface area contributed by atoms with Gasteiger partial charge in [0.25, 0.3) is 5.91 Å². The third kappa shape index (κ3) is 4.51. The Morgan fingerprint density at radius 1 is 1.20 bits per heavy atom. The van der Waals surface area contributed by atoms with E-state index in [4.69, 9.17) is 5.73 Å². The molecule has 1 aromatic carbocycles. The van der Waals surface area contributed by atoms with Crippen LogP contribution in [0.15, 0.2) is 24.3 Å². The Kier molecular flexibility index (Phi) is 5.38. The molecule has 1 saturated heterocycles. The van der Waals surface area contributed by atoms with Gasteiger partial charge in [0.15, 0.2) is 0 Å². The number of hydrogen-bond acceptors (Lipinski definition) is 4. The number of carbonyl (C=O) groups is 1. The van der Waals surface area contributed by atoms with E-state index in [0.29, 0.717) is 11.3 Å². The molecular weight excluding hydrogens is 252 g/mol. The van der Waals surface area contributed by atoms with Crippen LogP contribution in [-0.2, 0) is 0 Å². The second kappa shape index (κ2) is 7.26. The molecule has 1 amide bonds. The van der Waals surface area contributed by atoms with Crippen LogP contribution in [0.25, 0.3) is 0 Å². The summed E-state index contributed by atoms with van der Waals surface area (Å²) in [4.78, 5) is 16.7. The second-order valence-corrected chi connectivity index (χ2v) is 5.38. The van der Waals surface area contributed by atoms with Crippen LogP contribution in [-0.4, -0.2) is 62.0 Å². The summed E-state index contributed by atoms with van der Waals surface area (Å²) in [5, 5.41) is 2.95. The Morgan fingerprint density at radius 2 is 1.85 bits per heavy atom. The smallest absolute Gasteiger partial charge is 0.251 e. The van der Waals surface area contributed by atoms with Crippen LogP contribution in [0.5, 0.6) is 0 Å². The molecule has 1 heterocycles. The van der Waals surface area contributed by atoms with Gasteiger partial charge in [-0.1, -0.05) is 0 Å². The SMILES string of the molecule is CN1CCN(CCCNC(=O)c2ccc(N)cc2)CC1. The van der Waals surface area contributed by atoms with E-state index in [1.165, 1.54) is 0 Å². The molecule has 20 heavy (non-hydrogen) atoms. The third-order valence-corrected chi connectivity index (χ3v) is 3.71. The summed E-state index contributed by atoms with van der Waals surface area (Å²) in [5.41, 5.74) is 6.94. The van der Waals surface area contributed by atoms with Gasteiger partial charge in [-0.25, -0.2) is 0 Å². The number of rotatable bonds is 5. The number of nitrogens with one attached hydrogen (secondary N) is 1.